The van der Waals surface area contributed by atoms with Crippen LogP contribution in [0.2, 0.25) is 0 Å². The summed E-state index contributed by atoms with van der Waals surface area (Å²) in [5, 5.41) is 19.6. The number of hydrogen-bond acceptors (Lipinski definition) is 5. The first-order chi connectivity index (χ1) is 8.97. The van der Waals surface area contributed by atoms with Crippen LogP contribution in [0.4, 0.5) is 15.8 Å². The van der Waals surface area contributed by atoms with Crippen LogP contribution in [0.1, 0.15) is 0 Å². The Labute approximate surface area is 118 Å². The SMILES string of the molecule is CN(CCOCCO)c1cc(F)cc(Br)c1[N+](=O)[O-]. The first kappa shape index (κ1) is 15.8. The van der Waals surface area contributed by atoms with Crippen molar-refractivity contribution in [1.82, 2.24) is 0 Å². The number of likely N-dealkylation sites (N-methyl/N-ethyl adjacent to an activating group) is 1. The van der Waals surface area contributed by atoms with E-state index in [1.165, 1.54) is 4.90 Å². The van der Waals surface area contributed by atoms with Gasteiger partial charge in [-0.3, -0.25) is 10.1 Å². The fourth-order valence-electron chi connectivity index (χ4n) is 1.51. The van der Waals surface area contributed by atoms with Gasteiger partial charge in [0.2, 0.25) is 0 Å². The van der Waals surface area contributed by atoms with E-state index in [0.29, 0.717) is 6.54 Å². The standard InChI is InChI=1S/C11H14BrFN2O4/c1-14(2-4-19-5-3-16)10-7-8(13)6-9(12)11(10)15(17)18/h6-7,16H,2-5H2,1H3. The van der Waals surface area contributed by atoms with E-state index < -0.39 is 10.7 Å². The maximum absolute atomic E-state index is 13.3. The normalized spacial score (nSPS) is 10.5. The molecule has 1 rings (SSSR count). The zero-order valence-corrected chi connectivity index (χ0v) is 11.9. The maximum Gasteiger partial charge on any atom is 0.306 e. The van der Waals surface area contributed by atoms with E-state index in [1.54, 1.807) is 7.05 Å². The predicted molar refractivity (Wildman–Crippen MR) is 71.9 cm³/mol. The second kappa shape index (κ2) is 7.37. The van der Waals surface area contributed by atoms with E-state index in [-0.39, 0.29) is 35.7 Å². The number of hydrogen-bond donors (Lipinski definition) is 1. The van der Waals surface area contributed by atoms with Crippen molar-refractivity contribution in [1.29, 1.82) is 0 Å². The third kappa shape index (κ3) is 4.41. The predicted octanol–water partition coefficient (Wildman–Crippen LogP) is 1.94. The van der Waals surface area contributed by atoms with Gasteiger partial charge in [-0.1, -0.05) is 0 Å². The fourth-order valence-corrected chi connectivity index (χ4v) is 2.08. The average Bonchev–Trinajstić information content (AvgIpc) is 2.32. The fraction of sp³-hybridized carbons (Fsp3) is 0.455. The molecule has 0 spiro atoms. The number of aliphatic hydroxyl groups excluding tert-OH is 1. The first-order valence-corrected chi connectivity index (χ1v) is 6.30. The highest BCUT2D eigenvalue weighted by Gasteiger charge is 2.22. The summed E-state index contributed by atoms with van der Waals surface area (Å²) in [6, 6.07) is 2.16. The van der Waals surface area contributed by atoms with E-state index in [4.69, 9.17) is 9.84 Å². The van der Waals surface area contributed by atoms with E-state index in [2.05, 4.69) is 15.9 Å². The molecule has 1 aromatic carbocycles. The van der Waals surface area contributed by atoms with Gasteiger partial charge in [0, 0.05) is 19.7 Å². The van der Waals surface area contributed by atoms with Gasteiger partial charge in [-0.25, -0.2) is 4.39 Å². The molecule has 8 heteroatoms. The van der Waals surface area contributed by atoms with Crippen molar-refractivity contribution in [3.05, 3.63) is 32.5 Å². The molecule has 0 saturated heterocycles. The lowest BCUT2D eigenvalue weighted by Crippen LogP contribution is -2.24. The summed E-state index contributed by atoms with van der Waals surface area (Å²) in [5.41, 5.74) is -0.0180. The quantitative estimate of drug-likeness (QED) is 0.468. The molecule has 0 unspecified atom stereocenters. The van der Waals surface area contributed by atoms with Crippen molar-refractivity contribution in [2.45, 2.75) is 0 Å². The van der Waals surface area contributed by atoms with Crippen molar-refractivity contribution in [2.75, 3.05) is 38.3 Å². The van der Waals surface area contributed by atoms with Crippen molar-refractivity contribution in [3.63, 3.8) is 0 Å². The number of nitrogens with zero attached hydrogens (tertiary/aromatic N) is 2. The lowest BCUT2D eigenvalue weighted by molar-refractivity contribution is -0.384. The molecule has 0 aliphatic rings. The Kier molecular flexibility index (Phi) is 6.13. The highest BCUT2D eigenvalue weighted by atomic mass is 79.9. The lowest BCUT2D eigenvalue weighted by Gasteiger charge is -2.19. The zero-order chi connectivity index (χ0) is 14.4. The molecule has 0 radical (unpaired) electrons. The summed E-state index contributed by atoms with van der Waals surface area (Å²) in [6.45, 7) is 0.733. The summed E-state index contributed by atoms with van der Waals surface area (Å²) in [7, 11) is 1.61. The molecule has 0 fully saturated rings. The van der Waals surface area contributed by atoms with Gasteiger partial charge in [0.25, 0.3) is 0 Å². The maximum atomic E-state index is 13.3. The van der Waals surface area contributed by atoms with Gasteiger partial charge < -0.3 is 14.7 Å². The number of nitro benzene ring substituents is 1. The first-order valence-electron chi connectivity index (χ1n) is 5.50. The number of ether oxygens (including phenoxy) is 1. The molecule has 0 saturated carbocycles. The van der Waals surface area contributed by atoms with Crippen molar-refractivity contribution in [3.8, 4) is 0 Å². The Balaban J connectivity index is 2.88. The van der Waals surface area contributed by atoms with Crippen LogP contribution < -0.4 is 4.90 Å². The lowest BCUT2D eigenvalue weighted by atomic mass is 10.2. The van der Waals surface area contributed by atoms with Gasteiger partial charge in [-0.2, -0.15) is 0 Å². The highest BCUT2D eigenvalue weighted by molar-refractivity contribution is 9.10. The minimum atomic E-state index is -0.566. The minimum absolute atomic E-state index is 0.0879. The molecule has 0 aliphatic carbocycles. The number of aliphatic hydroxyl groups is 1. The van der Waals surface area contributed by atoms with Crippen LogP contribution in [0, 0.1) is 15.9 Å². The molecule has 1 aromatic rings. The third-order valence-electron chi connectivity index (χ3n) is 2.41. The van der Waals surface area contributed by atoms with Gasteiger partial charge in [0.15, 0.2) is 0 Å². The molecule has 0 atom stereocenters. The van der Waals surface area contributed by atoms with Crippen molar-refractivity contribution < 1.29 is 19.2 Å². The second-order valence-electron chi connectivity index (χ2n) is 3.77. The average molecular weight is 337 g/mol. The number of benzene rings is 1. The third-order valence-corrected chi connectivity index (χ3v) is 3.01. The van der Waals surface area contributed by atoms with E-state index >= 15 is 0 Å². The molecule has 6 nitrogen and oxygen atoms in total. The minimum Gasteiger partial charge on any atom is -0.394 e. The Morgan fingerprint density at radius 3 is 2.79 bits per heavy atom. The second-order valence-corrected chi connectivity index (χ2v) is 4.62. The Hall–Kier alpha value is -1.25. The molecule has 0 aliphatic heterocycles. The largest absolute Gasteiger partial charge is 0.394 e. The van der Waals surface area contributed by atoms with Gasteiger partial charge in [-0.05, 0) is 22.0 Å². The van der Waals surface area contributed by atoms with Crippen molar-refractivity contribution >= 4 is 27.3 Å². The van der Waals surface area contributed by atoms with Crippen LogP contribution in [0.25, 0.3) is 0 Å². The molecular formula is C11H14BrFN2O4. The summed E-state index contributed by atoms with van der Waals surface area (Å²) in [6.07, 6.45) is 0. The summed E-state index contributed by atoms with van der Waals surface area (Å²) < 4.78 is 18.5. The van der Waals surface area contributed by atoms with Gasteiger partial charge in [0.1, 0.15) is 16.0 Å². The molecule has 19 heavy (non-hydrogen) atoms. The smallest absolute Gasteiger partial charge is 0.306 e. The number of halogens is 2. The Bertz CT molecular complexity index is 459. The van der Waals surface area contributed by atoms with E-state index in [9.17, 15) is 14.5 Å². The van der Waals surface area contributed by atoms with Crippen LogP contribution in [0.5, 0.6) is 0 Å². The van der Waals surface area contributed by atoms with Crippen LogP contribution in [-0.4, -0.2) is 43.4 Å². The molecule has 0 amide bonds. The number of rotatable bonds is 7. The van der Waals surface area contributed by atoms with E-state index in [0.717, 1.165) is 12.1 Å². The molecule has 0 bridgehead atoms. The highest BCUT2D eigenvalue weighted by Crippen LogP contribution is 2.35. The van der Waals surface area contributed by atoms with Crippen LogP contribution in [0.3, 0.4) is 0 Å². The van der Waals surface area contributed by atoms with Crippen LogP contribution >= 0.6 is 15.9 Å². The summed E-state index contributed by atoms with van der Waals surface area (Å²) >= 11 is 2.99. The topological polar surface area (TPSA) is 75.8 Å². The van der Waals surface area contributed by atoms with Crippen LogP contribution in [-0.2, 0) is 4.74 Å². The molecule has 106 valence electrons. The monoisotopic (exact) mass is 336 g/mol. The number of anilines is 1. The molecule has 0 aromatic heterocycles. The van der Waals surface area contributed by atoms with Gasteiger partial charge >= 0.3 is 5.69 Å². The summed E-state index contributed by atoms with van der Waals surface area (Å²) in [5.74, 6) is -0.560. The zero-order valence-electron chi connectivity index (χ0n) is 10.3. The van der Waals surface area contributed by atoms with Crippen LogP contribution in [0.15, 0.2) is 16.6 Å². The molecule has 0 heterocycles. The summed E-state index contributed by atoms with van der Waals surface area (Å²) in [4.78, 5) is 12.0. The number of nitro groups is 1. The Morgan fingerprint density at radius 1 is 1.53 bits per heavy atom. The molecule has 1 N–H and O–H groups in total. The van der Waals surface area contributed by atoms with Crippen molar-refractivity contribution in [2.24, 2.45) is 0 Å². The van der Waals surface area contributed by atoms with Gasteiger partial charge in [-0.15, -0.1) is 0 Å². The Morgan fingerprint density at radius 2 is 2.21 bits per heavy atom. The van der Waals surface area contributed by atoms with E-state index in [1.807, 2.05) is 0 Å². The van der Waals surface area contributed by atoms with Gasteiger partial charge in [0.05, 0.1) is 24.7 Å². The molecular weight excluding hydrogens is 323 g/mol.